The van der Waals surface area contributed by atoms with Crippen molar-refractivity contribution in [3.8, 4) is 0 Å². The highest BCUT2D eigenvalue weighted by Crippen LogP contribution is 1.81. The highest BCUT2D eigenvalue weighted by Gasteiger charge is 1.88. The van der Waals surface area contributed by atoms with E-state index in [9.17, 15) is 0 Å². The maximum absolute atomic E-state index is 8.31. The maximum atomic E-state index is 8.31. The molecule has 0 aromatic heterocycles. The lowest BCUT2D eigenvalue weighted by Gasteiger charge is -2.02. The standard InChI is InChI=1S/C6H14O4S/c7-1-2-8-3-4-9-5-6-10-11/h7,11H,1-6H2. The molecule has 0 aromatic carbocycles. The topological polar surface area (TPSA) is 47.9 Å². The van der Waals surface area contributed by atoms with Gasteiger partial charge >= 0.3 is 0 Å². The zero-order valence-corrected chi connectivity index (χ0v) is 7.26. The predicted octanol–water partition coefficient (Wildman–Crippen LogP) is -0.127. The van der Waals surface area contributed by atoms with Crippen molar-refractivity contribution in [3.05, 3.63) is 0 Å². The van der Waals surface area contributed by atoms with E-state index < -0.39 is 0 Å². The molecule has 68 valence electrons. The fourth-order valence-corrected chi connectivity index (χ4v) is 0.557. The predicted molar refractivity (Wildman–Crippen MR) is 43.7 cm³/mol. The number of thiol groups is 1. The number of rotatable bonds is 8. The second-order valence-corrected chi connectivity index (χ2v) is 2.04. The van der Waals surface area contributed by atoms with Crippen LogP contribution < -0.4 is 0 Å². The lowest BCUT2D eigenvalue weighted by atomic mass is 10.7. The minimum absolute atomic E-state index is 0.0553. The fourth-order valence-electron chi connectivity index (χ4n) is 0.483. The Morgan fingerprint density at radius 3 is 2.00 bits per heavy atom. The quantitative estimate of drug-likeness (QED) is 0.312. The molecular formula is C6H14O4S. The van der Waals surface area contributed by atoms with Crippen LogP contribution in [0.3, 0.4) is 0 Å². The second-order valence-electron chi connectivity index (χ2n) is 1.78. The molecule has 0 atom stereocenters. The molecule has 0 bridgehead atoms. The van der Waals surface area contributed by atoms with Crippen LogP contribution in [-0.4, -0.2) is 44.7 Å². The van der Waals surface area contributed by atoms with E-state index in [-0.39, 0.29) is 6.61 Å². The SMILES string of the molecule is OCCOCCOCCOS. The van der Waals surface area contributed by atoms with Crippen LogP contribution in [-0.2, 0) is 13.7 Å². The van der Waals surface area contributed by atoms with Gasteiger partial charge in [0.15, 0.2) is 0 Å². The fraction of sp³-hybridized carbons (Fsp3) is 1.00. The summed E-state index contributed by atoms with van der Waals surface area (Å²) in [6, 6.07) is 0. The van der Waals surface area contributed by atoms with Crippen molar-refractivity contribution in [2.24, 2.45) is 0 Å². The lowest BCUT2D eigenvalue weighted by Crippen LogP contribution is -2.09. The highest BCUT2D eigenvalue weighted by atomic mass is 32.1. The molecule has 5 heteroatoms. The third kappa shape index (κ3) is 10.2. The first-order chi connectivity index (χ1) is 5.41. The van der Waals surface area contributed by atoms with Crippen molar-refractivity contribution in [3.63, 3.8) is 0 Å². The molecule has 0 aromatic rings. The molecule has 1 N–H and O–H groups in total. The van der Waals surface area contributed by atoms with E-state index >= 15 is 0 Å². The molecule has 0 aliphatic carbocycles. The van der Waals surface area contributed by atoms with E-state index in [0.717, 1.165) is 0 Å². The van der Waals surface area contributed by atoms with Crippen LogP contribution in [0, 0.1) is 0 Å². The Labute approximate surface area is 72.1 Å². The number of aliphatic hydroxyl groups excluding tert-OH is 1. The van der Waals surface area contributed by atoms with Crippen molar-refractivity contribution in [1.82, 2.24) is 0 Å². The summed E-state index contributed by atoms with van der Waals surface area (Å²) in [5.74, 6) is 0. The zero-order chi connectivity index (χ0) is 8.36. The summed E-state index contributed by atoms with van der Waals surface area (Å²) >= 11 is 3.53. The Hall–Kier alpha value is 0.190. The monoisotopic (exact) mass is 182 g/mol. The van der Waals surface area contributed by atoms with Crippen molar-refractivity contribution in [2.45, 2.75) is 0 Å². The van der Waals surface area contributed by atoms with Gasteiger partial charge in [-0.05, 0) is 12.9 Å². The molecule has 0 aliphatic rings. The summed E-state index contributed by atoms with van der Waals surface area (Å²) in [5, 5.41) is 8.31. The van der Waals surface area contributed by atoms with Gasteiger partial charge in [-0.25, -0.2) is 0 Å². The molecule has 11 heavy (non-hydrogen) atoms. The molecule has 0 unspecified atom stereocenters. The summed E-state index contributed by atoms with van der Waals surface area (Å²) in [4.78, 5) is 0. The van der Waals surface area contributed by atoms with Gasteiger partial charge in [0.25, 0.3) is 0 Å². The van der Waals surface area contributed by atoms with Gasteiger partial charge in [0.2, 0.25) is 0 Å². The Morgan fingerprint density at radius 2 is 1.45 bits per heavy atom. The van der Waals surface area contributed by atoms with Crippen LogP contribution in [0.4, 0.5) is 0 Å². The van der Waals surface area contributed by atoms with Crippen LogP contribution in [0.1, 0.15) is 0 Å². The van der Waals surface area contributed by atoms with Crippen LogP contribution in [0.15, 0.2) is 0 Å². The molecule has 0 heterocycles. The first-order valence-electron chi connectivity index (χ1n) is 3.44. The van der Waals surface area contributed by atoms with Crippen LogP contribution in [0.25, 0.3) is 0 Å². The molecule has 0 rings (SSSR count). The smallest absolute Gasteiger partial charge is 0.0844 e. The van der Waals surface area contributed by atoms with Gasteiger partial charge in [-0.3, -0.25) is 0 Å². The average Bonchev–Trinajstić information content (AvgIpc) is 2.03. The normalized spacial score (nSPS) is 10.4. The summed E-state index contributed by atoms with van der Waals surface area (Å²) in [5.41, 5.74) is 0. The molecule has 0 fully saturated rings. The first-order valence-corrected chi connectivity index (χ1v) is 3.81. The third-order valence-electron chi connectivity index (χ3n) is 0.927. The van der Waals surface area contributed by atoms with Gasteiger partial charge in [0, 0.05) is 0 Å². The van der Waals surface area contributed by atoms with Gasteiger partial charge in [-0.2, -0.15) is 0 Å². The van der Waals surface area contributed by atoms with Crippen LogP contribution in [0.2, 0.25) is 0 Å². The number of aliphatic hydroxyl groups is 1. The van der Waals surface area contributed by atoms with Crippen LogP contribution >= 0.6 is 12.9 Å². The van der Waals surface area contributed by atoms with Crippen molar-refractivity contribution in [2.75, 3.05) is 39.6 Å². The van der Waals surface area contributed by atoms with Gasteiger partial charge < -0.3 is 18.8 Å². The molecule has 0 aliphatic heterocycles. The molecule has 0 radical (unpaired) electrons. The summed E-state index contributed by atoms with van der Waals surface area (Å²) < 4.78 is 14.4. The summed E-state index contributed by atoms with van der Waals surface area (Å²) in [6.45, 7) is 2.45. The zero-order valence-electron chi connectivity index (χ0n) is 6.36. The van der Waals surface area contributed by atoms with Gasteiger partial charge in [-0.15, -0.1) is 0 Å². The molecule has 0 spiro atoms. The van der Waals surface area contributed by atoms with Gasteiger partial charge in [0.1, 0.15) is 0 Å². The second kappa shape index (κ2) is 10.2. The minimum atomic E-state index is 0.0553. The highest BCUT2D eigenvalue weighted by molar-refractivity contribution is 7.75. The van der Waals surface area contributed by atoms with E-state index in [1.807, 2.05) is 0 Å². The minimum Gasteiger partial charge on any atom is -0.394 e. The maximum Gasteiger partial charge on any atom is 0.0844 e. The van der Waals surface area contributed by atoms with Crippen molar-refractivity contribution in [1.29, 1.82) is 0 Å². The van der Waals surface area contributed by atoms with Crippen molar-refractivity contribution < 1.29 is 18.8 Å². The first kappa shape index (κ1) is 11.2. The largest absolute Gasteiger partial charge is 0.394 e. The lowest BCUT2D eigenvalue weighted by molar-refractivity contribution is 0.0266. The van der Waals surface area contributed by atoms with E-state index in [2.05, 4.69) is 17.1 Å². The van der Waals surface area contributed by atoms with Gasteiger partial charge in [-0.1, -0.05) is 0 Å². The van der Waals surface area contributed by atoms with E-state index in [1.165, 1.54) is 0 Å². The van der Waals surface area contributed by atoms with E-state index in [0.29, 0.717) is 33.0 Å². The van der Waals surface area contributed by atoms with Crippen LogP contribution in [0.5, 0.6) is 0 Å². The Kier molecular flexibility index (Phi) is 10.4. The van der Waals surface area contributed by atoms with E-state index in [4.69, 9.17) is 14.6 Å². The average molecular weight is 182 g/mol. The molecule has 0 amide bonds. The molecule has 4 nitrogen and oxygen atoms in total. The third-order valence-corrected chi connectivity index (χ3v) is 1.11. The molecular weight excluding hydrogens is 168 g/mol. The number of hydrogen-bond acceptors (Lipinski definition) is 5. The van der Waals surface area contributed by atoms with Gasteiger partial charge in [0.05, 0.1) is 39.6 Å². The Balaban J connectivity index is 2.69. The Morgan fingerprint density at radius 1 is 0.909 bits per heavy atom. The summed E-state index contributed by atoms with van der Waals surface area (Å²) in [6.07, 6.45) is 0. The summed E-state index contributed by atoms with van der Waals surface area (Å²) in [7, 11) is 0. The Bertz CT molecular complexity index is 63.6. The molecule has 0 saturated carbocycles. The molecule has 0 saturated heterocycles. The number of hydrogen-bond donors (Lipinski definition) is 2. The van der Waals surface area contributed by atoms with E-state index in [1.54, 1.807) is 0 Å². The number of ether oxygens (including phenoxy) is 2. The van der Waals surface area contributed by atoms with Crippen molar-refractivity contribution >= 4 is 12.9 Å².